The van der Waals surface area contributed by atoms with E-state index >= 15 is 0 Å². The average Bonchev–Trinajstić information content (AvgIpc) is 2.95. The van der Waals surface area contributed by atoms with Gasteiger partial charge in [-0.25, -0.2) is 8.42 Å². The third-order valence-electron chi connectivity index (χ3n) is 7.13. The second-order valence-corrected chi connectivity index (χ2v) is 13.3. The summed E-state index contributed by atoms with van der Waals surface area (Å²) in [5.74, 6) is -0.149. The molecular formula is C34H39N3O6S. The molecule has 44 heavy (non-hydrogen) atoms. The SMILES string of the molecule is CC(C)(Cc1cccc(CC(=O)NCc2ccccc2-c2cccc(O)c2)c1)NC[C@H](O)c1ccc(O)c(NS(C)(=O)=O)c1. The van der Waals surface area contributed by atoms with Crippen molar-refractivity contribution >= 4 is 21.6 Å². The van der Waals surface area contributed by atoms with Crippen LogP contribution < -0.4 is 15.4 Å². The van der Waals surface area contributed by atoms with Crippen molar-refractivity contribution in [1.29, 1.82) is 0 Å². The van der Waals surface area contributed by atoms with Crippen molar-refractivity contribution in [1.82, 2.24) is 10.6 Å². The number of amides is 1. The van der Waals surface area contributed by atoms with Crippen LogP contribution in [0.25, 0.3) is 11.1 Å². The van der Waals surface area contributed by atoms with E-state index in [0.29, 0.717) is 18.5 Å². The van der Waals surface area contributed by atoms with E-state index in [1.807, 2.05) is 68.4 Å². The van der Waals surface area contributed by atoms with Crippen molar-refractivity contribution in [2.24, 2.45) is 0 Å². The van der Waals surface area contributed by atoms with Gasteiger partial charge in [0, 0.05) is 18.6 Å². The summed E-state index contributed by atoms with van der Waals surface area (Å²) in [5.41, 5.74) is 4.73. The number of anilines is 1. The number of benzene rings is 4. The number of hydrogen-bond acceptors (Lipinski definition) is 7. The first-order chi connectivity index (χ1) is 20.8. The van der Waals surface area contributed by atoms with Crippen molar-refractivity contribution in [2.45, 2.75) is 44.9 Å². The second-order valence-electron chi connectivity index (χ2n) is 11.6. The standard InChI is InChI=1S/C34H39N3O6S/c1-34(2,36-22-32(40)26-14-15-31(39)30(19-26)37-44(3,42)43)20-24-9-6-8-23(16-24)17-33(41)35-21-27-10-4-5-13-29(27)25-11-7-12-28(38)18-25/h4-16,18-19,32,36-40H,17,20-22H2,1-3H3,(H,35,41)/t32-/m0/s1. The number of sulfonamides is 1. The highest BCUT2D eigenvalue weighted by Gasteiger charge is 2.21. The lowest BCUT2D eigenvalue weighted by molar-refractivity contribution is -0.120. The molecule has 4 aromatic rings. The molecular weight excluding hydrogens is 578 g/mol. The number of aromatic hydroxyl groups is 2. The van der Waals surface area contributed by atoms with Gasteiger partial charge in [0.2, 0.25) is 15.9 Å². The molecule has 0 aliphatic rings. The van der Waals surface area contributed by atoms with Gasteiger partial charge < -0.3 is 26.0 Å². The molecule has 0 radical (unpaired) electrons. The fourth-order valence-electron chi connectivity index (χ4n) is 5.03. The molecule has 0 saturated carbocycles. The predicted octanol–water partition coefficient (Wildman–Crippen LogP) is 4.64. The Morgan fingerprint density at radius 1 is 0.886 bits per heavy atom. The van der Waals surface area contributed by atoms with Crippen molar-refractivity contribution in [3.05, 3.63) is 113 Å². The summed E-state index contributed by atoms with van der Waals surface area (Å²) in [7, 11) is -3.59. The number of rotatable bonds is 13. The number of β-amino-alcohol motifs (C(OH)–C–C–N with tert-alkyl or cyclic N) is 1. The normalized spacial score (nSPS) is 12.5. The molecule has 4 rings (SSSR count). The Bertz CT molecular complexity index is 1720. The molecule has 0 spiro atoms. The van der Waals surface area contributed by atoms with E-state index in [-0.39, 0.29) is 36.1 Å². The number of carbonyl (C=O) groups is 1. The van der Waals surface area contributed by atoms with Crippen LogP contribution in [0, 0.1) is 0 Å². The third-order valence-corrected chi connectivity index (χ3v) is 7.72. The summed E-state index contributed by atoms with van der Waals surface area (Å²) in [6, 6.07) is 26.9. The average molecular weight is 618 g/mol. The zero-order chi connectivity index (χ0) is 31.9. The summed E-state index contributed by atoms with van der Waals surface area (Å²) in [5, 5.41) is 37.0. The number of carbonyl (C=O) groups excluding carboxylic acids is 1. The minimum absolute atomic E-state index is 0.00449. The predicted molar refractivity (Wildman–Crippen MR) is 173 cm³/mol. The van der Waals surface area contributed by atoms with Gasteiger partial charge >= 0.3 is 0 Å². The van der Waals surface area contributed by atoms with Crippen molar-refractivity contribution in [2.75, 3.05) is 17.5 Å². The first-order valence-corrected chi connectivity index (χ1v) is 16.1. The number of aliphatic hydroxyl groups excluding tert-OH is 1. The largest absolute Gasteiger partial charge is 0.508 e. The summed E-state index contributed by atoms with van der Waals surface area (Å²) in [6.45, 7) is 4.58. The smallest absolute Gasteiger partial charge is 0.229 e. The maximum atomic E-state index is 12.9. The second kappa shape index (κ2) is 13.9. The fourth-order valence-corrected chi connectivity index (χ4v) is 5.59. The Morgan fingerprint density at radius 3 is 2.36 bits per heavy atom. The van der Waals surface area contributed by atoms with E-state index in [1.165, 1.54) is 12.1 Å². The molecule has 0 saturated heterocycles. The summed E-state index contributed by atoms with van der Waals surface area (Å²) in [6.07, 6.45) is 0.895. The minimum Gasteiger partial charge on any atom is -0.508 e. The van der Waals surface area contributed by atoms with Crippen LogP contribution in [-0.4, -0.2) is 48.0 Å². The Hall–Kier alpha value is -4.38. The van der Waals surface area contributed by atoms with Gasteiger partial charge in [0.1, 0.15) is 11.5 Å². The highest BCUT2D eigenvalue weighted by Crippen LogP contribution is 2.29. The van der Waals surface area contributed by atoms with E-state index in [1.54, 1.807) is 24.3 Å². The molecule has 6 N–H and O–H groups in total. The van der Waals surface area contributed by atoms with E-state index in [9.17, 15) is 28.5 Å². The quantitative estimate of drug-likeness (QED) is 0.120. The Balaban J connectivity index is 1.33. The maximum absolute atomic E-state index is 12.9. The third kappa shape index (κ3) is 9.57. The Morgan fingerprint density at radius 2 is 1.61 bits per heavy atom. The van der Waals surface area contributed by atoms with Crippen LogP contribution in [0.4, 0.5) is 5.69 Å². The summed E-state index contributed by atoms with van der Waals surface area (Å²) in [4.78, 5) is 12.9. The van der Waals surface area contributed by atoms with Gasteiger partial charge in [0.15, 0.2) is 0 Å². The topological polar surface area (TPSA) is 148 Å². The monoisotopic (exact) mass is 617 g/mol. The summed E-state index contributed by atoms with van der Waals surface area (Å²) >= 11 is 0. The lowest BCUT2D eigenvalue weighted by Crippen LogP contribution is -2.43. The van der Waals surface area contributed by atoms with Crippen LogP contribution in [0.5, 0.6) is 11.5 Å². The maximum Gasteiger partial charge on any atom is 0.229 e. The molecule has 0 heterocycles. The first kappa shape index (κ1) is 32.5. The van der Waals surface area contributed by atoms with Gasteiger partial charge in [0.05, 0.1) is 24.5 Å². The number of aliphatic hydroxyl groups is 1. The van der Waals surface area contributed by atoms with E-state index < -0.39 is 21.7 Å². The minimum atomic E-state index is -3.59. The van der Waals surface area contributed by atoms with E-state index in [4.69, 9.17) is 0 Å². The molecule has 232 valence electrons. The van der Waals surface area contributed by atoms with E-state index in [2.05, 4.69) is 15.4 Å². The molecule has 0 fully saturated rings. The molecule has 0 unspecified atom stereocenters. The van der Waals surface area contributed by atoms with Crippen LogP contribution in [0.3, 0.4) is 0 Å². The number of hydrogen-bond donors (Lipinski definition) is 6. The number of phenols is 2. The van der Waals surface area contributed by atoms with Gasteiger partial charge in [-0.05, 0) is 77.9 Å². The van der Waals surface area contributed by atoms with Crippen molar-refractivity contribution < 1.29 is 28.5 Å². The zero-order valence-corrected chi connectivity index (χ0v) is 25.9. The van der Waals surface area contributed by atoms with Crippen LogP contribution in [0.15, 0.2) is 91.0 Å². The van der Waals surface area contributed by atoms with Gasteiger partial charge in [-0.1, -0.05) is 66.7 Å². The fraction of sp³-hybridized carbons (Fsp3) is 0.265. The van der Waals surface area contributed by atoms with Crippen molar-refractivity contribution in [3.63, 3.8) is 0 Å². The molecule has 1 atom stereocenters. The molecule has 10 heteroatoms. The lowest BCUT2D eigenvalue weighted by Gasteiger charge is -2.28. The highest BCUT2D eigenvalue weighted by molar-refractivity contribution is 7.92. The Labute approximate surface area is 258 Å². The zero-order valence-electron chi connectivity index (χ0n) is 25.0. The van der Waals surface area contributed by atoms with Gasteiger partial charge in [-0.2, -0.15) is 0 Å². The number of nitrogens with one attached hydrogen (secondary N) is 3. The molecule has 1 amide bonds. The van der Waals surface area contributed by atoms with Gasteiger partial charge in [-0.15, -0.1) is 0 Å². The lowest BCUT2D eigenvalue weighted by atomic mass is 9.93. The Kier molecular flexibility index (Phi) is 10.3. The van der Waals surface area contributed by atoms with Crippen LogP contribution in [0.2, 0.25) is 0 Å². The molecule has 0 aromatic heterocycles. The van der Waals surface area contributed by atoms with E-state index in [0.717, 1.165) is 34.1 Å². The highest BCUT2D eigenvalue weighted by atomic mass is 32.2. The first-order valence-electron chi connectivity index (χ1n) is 14.2. The van der Waals surface area contributed by atoms with Crippen LogP contribution in [-0.2, 0) is 34.2 Å². The van der Waals surface area contributed by atoms with Crippen LogP contribution >= 0.6 is 0 Å². The van der Waals surface area contributed by atoms with Crippen LogP contribution in [0.1, 0.15) is 42.2 Å². The number of phenolic OH excluding ortho intramolecular Hbond substituents is 2. The van der Waals surface area contributed by atoms with Gasteiger partial charge in [0.25, 0.3) is 0 Å². The summed E-state index contributed by atoms with van der Waals surface area (Å²) < 4.78 is 25.4. The molecule has 0 aliphatic carbocycles. The molecule has 0 aliphatic heterocycles. The van der Waals surface area contributed by atoms with Crippen molar-refractivity contribution in [3.8, 4) is 22.6 Å². The molecule has 0 bridgehead atoms. The molecule has 4 aromatic carbocycles. The van der Waals surface area contributed by atoms with Gasteiger partial charge in [-0.3, -0.25) is 9.52 Å². The molecule has 9 nitrogen and oxygen atoms in total.